The average Bonchev–Trinajstić information content (AvgIpc) is 3.36. The van der Waals surface area contributed by atoms with Gasteiger partial charge in [-0.25, -0.2) is 4.39 Å². The van der Waals surface area contributed by atoms with Crippen LogP contribution in [0.2, 0.25) is 0 Å². The zero-order valence-corrected chi connectivity index (χ0v) is 21.1. The molecule has 1 aliphatic rings. The van der Waals surface area contributed by atoms with Crippen molar-refractivity contribution >= 4 is 16.8 Å². The van der Waals surface area contributed by atoms with Crippen molar-refractivity contribution in [2.24, 2.45) is 0 Å². The van der Waals surface area contributed by atoms with Gasteiger partial charge in [0.15, 0.2) is 0 Å². The number of carbonyl (C=O) groups excluding carboxylic acids is 1. The summed E-state index contributed by atoms with van der Waals surface area (Å²) in [5.41, 5.74) is 3.33. The lowest BCUT2D eigenvalue weighted by atomic mass is 9.98. The first-order chi connectivity index (χ1) is 18.2. The number of likely N-dealkylation sites (tertiary alicyclic amines) is 1. The Bertz CT molecular complexity index is 1440. The minimum absolute atomic E-state index is 0.0278. The number of benzene rings is 3. The van der Waals surface area contributed by atoms with Gasteiger partial charge in [0.25, 0.3) is 5.91 Å². The number of H-pyrrole nitrogens is 1. The fourth-order valence-corrected chi connectivity index (χ4v) is 5.18. The highest BCUT2D eigenvalue weighted by Gasteiger charge is 2.31. The van der Waals surface area contributed by atoms with Gasteiger partial charge in [-0.2, -0.15) is 13.2 Å². The molecule has 0 radical (unpaired) electrons. The molecule has 1 amide bonds. The molecule has 3 aromatic carbocycles. The molecule has 0 aliphatic carbocycles. The van der Waals surface area contributed by atoms with E-state index in [2.05, 4.69) is 9.88 Å². The third-order valence-corrected chi connectivity index (χ3v) is 7.24. The predicted molar refractivity (Wildman–Crippen MR) is 140 cm³/mol. The lowest BCUT2D eigenvalue weighted by Gasteiger charge is -2.37. The largest absolute Gasteiger partial charge is 0.393 e. The molecule has 1 aliphatic heterocycles. The van der Waals surface area contributed by atoms with E-state index in [1.807, 2.05) is 37.5 Å². The van der Waals surface area contributed by atoms with Crippen LogP contribution in [0.1, 0.15) is 34.3 Å². The molecular weight excluding hydrogens is 494 g/mol. The Kier molecular flexibility index (Phi) is 7.25. The average molecular weight is 524 g/mol. The molecule has 0 spiro atoms. The fraction of sp³-hybridized carbons (Fsp3) is 0.300. The van der Waals surface area contributed by atoms with E-state index in [1.54, 1.807) is 17.0 Å². The Balaban J connectivity index is 1.47. The van der Waals surface area contributed by atoms with Crippen LogP contribution in [0.3, 0.4) is 0 Å². The number of alkyl halides is 3. The van der Waals surface area contributed by atoms with E-state index in [1.165, 1.54) is 30.3 Å². The van der Waals surface area contributed by atoms with Crippen LogP contribution in [0.4, 0.5) is 17.6 Å². The Labute approximate surface area is 218 Å². The first kappa shape index (κ1) is 26.0. The van der Waals surface area contributed by atoms with Crippen molar-refractivity contribution in [1.29, 1.82) is 0 Å². The van der Waals surface area contributed by atoms with Crippen molar-refractivity contribution in [2.45, 2.75) is 38.0 Å². The van der Waals surface area contributed by atoms with Gasteiger partial charge in [0, 0.05) is 35.4 Å². The molecule has 198 valence electrons. The van der Waals surface area contributed by atoms with Gasteiger partial charge < -0.3 is 14.8 Å². The summed E-state index contributed by atoms with van der Waals surface area (Å²) in [5.74, 6) is -0.810. The summed E-state index contributed by atoms with van der Waals surface area (Å²) in [4.78, 5) is 20.7. The lowest BCUT2D eigenvalue weighted by molar-refractivity contribution is -0.127. The molecule has 1 saturated heterocycles. The van der Waals surface area contributed by atoms with Crippen molar-refractivity contribution in [2.75, 3.05) is 20.1 Å². The third kappa shape index (κ3) is 5.91. The van der Waals surface area contributed by atoms with Crippen molar-refractivity contribution in [3.05, 3.63) is 95.4 Å². The second-order valence-corrected chi connectivity index (χ2v) is 10.0. The Hall–Kier alpha value is -3.65. The van der Waals surface area contributed by atoms with E-state index in [4.69, 9.17) is 0 Å². The monoisotopic (exact) mass is 523 g/mol. The number of aromatic amines is 1. The van der Waals surface area contributed by atoms with Gasteiger partial charge in [-0.3, -0.25) is 4.79 Å². The van der Waals surface area contributed by atoms with Gasteiger partial charge in [0.2, 0.25) is 0 Å². The van der Waals surface area contributed by atoms with Gasteiger partial charge >= 0.3 is 6.18 Å². The highest BCUT2D eigenvalue weighted by atomic mass is 19.4. The van der Waals surface area contributed by atoms with Crippen LogP contribution in [0.25, 0.3) is 22.0 Å². The Morgan fingerprint density at radius 3 is 2.50 bits per heavy atom. The Morgan fingerprint density at radius 1 is 1.00 bits per heavy atom. The van der Waals surface area contributed by atoms with E-state index in [0.717, 1.165) is 35.1 Å². The summed E-state index contributed by atoms with van der Waals surface area (Å²) in [6.45, 7) is 1.59. The van der Waals surface area contributed by atoms with E-state index in [-0.39, 0.29) is 29.6 Å². The second-order valence-electron chi connectivity index (χ2n) is 10.0. The standard InChI is InChI=1S/C30H29F4N3O/c1-36-13-10-26(11-14-36)37(29(38)24-4-2-3-20(15-24)18-30(32,33)34)19-25-17-21(5-7-27(25)31)22-6-8-28-23(16-22)9-12-35-28/h2-9,12,15-17,26,35H,10-11,13-14,18-19H2,1H3. The fourth-order valence-electron chi connectivity index (χ4n) is 5.18. The number of hydrogen-bond acceptors (Lipinski definition) is 2. The second kappa shape index (κ2) is 10.6. The van der Waals surface area contributed by atoms with E-state index in [0.29, 0.717) is 18.4 Å². The molecule has 4 aromatic rings. The molecule has 8 heteroatoms. The first-order valence-corrected chi connectivity index (χ1v) is 12.7. The molecule has 0 saturated carbocycles. The van der Waals surface area contributed by atoms with Crippen LogP contribution >= 0.6 is 0 Å². The molecule has 2 heterocycles. The SMILES string of the molecule is CN1CCC(N(Cc2cc(-c3ccc4[nH]ccc4c3)ccc2F)C(=O)c2cccc(CC(F)(F)F)c2)CC1. The number of rotatable bonds is 6. The van der Waals surface area contributed by atoms with Crippen LogP contribution < -0.4 is 0 Å². The number of aromatic nitrogens is 1. The van der Waals surface area contributed by atoms with Gasteiger partial charge in [0.1, 0.15) is 5.82 Å². The highest BCUT2D eigenvalue weighted by Crippen LogP contribution is 2.29. The molecule has 0 unspecified atom stereocenters. The number of nitrogens with one attached hydrogen (secondary N) is 1. The summed E-state index contributed by atoms with van der Waals surface area (Å²) in [7, 11) is 2.01. The van der Waals surface area contributed by atoms with E-state index < -0.39 is 18.4 Å². The van der Waals surface area contributed by atoms with Gasteiger partial charge in [-0.15, -0.1) is 0 Å². The first-order valence-electron chi connectivity index (χ1n) is 12.7. The molecule has 1 fully saturated rings. The maximum absolute atomic E-state index is 15.1. The summed E-state index contributed by atoms with van der Waals surface area (Å²) >= 11 is 0. The van der Waals surface area contributed by atoms with Crippen LogP contribution in [0.15, 0.2) is 72.9 Å². The summed E-state index contributed by atoms with van der Waals surface area (Å²) in [6.07, 6.45) is -2.21. The zero-order valence-electron chi connectivity index (χ0n) is 21.1. The summed E-state index contributed by atoms with van der Waals surface area (Å²) in [5, 5.41) is 1.04. The van der Waals surface area contributed by atoms with Crippen LogP contribution in [0, 0.1) is 5.82 Å². The number of halogens is 4. The quantitative estimate of drug-likeness (QED) is 0.282. The zero-order chi connectivity index (χ0) is 26.9. The van der Waals surface area contributed by atoms with E-state index in [9.17, 15) is 18.0 Å². The topological polar surface area (TPSA) is 39.3 Å². The maximum Gasteiger partial charge on any atom is 0.393 e. The Morgan fingerprint density at radius 2 is 1.74 bits per heavy atom. The number of carbonyl (C=O) groups is 1. The third-order valence-electron chi connectivity index (χ3n) is 7.24. The van der Waals surface area contributed by atoms with Crippen molar-refractivity contribution in [3.63, 3.8) is 0 Å². The van der Waals surface area contributed by atoms with Gasteiger partial charge in [-0.05, 0) is 97.5 Å². The number of amides is 1. The molecule has 4 nitrogen and oxygen atoms in total. The predicted octanol–water partition coefficient (Wildman–Crippen LogP) is 6.82. The van der Waals surface area contributed by atoms with Crippen molar-refractivity contribution < 1.29 is 22.4 Å². The molecule has 5 rings (SSSR count). The normalized spacial score (nSPS) is 15.2. The van der Waals surface area contributed by atoms with Crippen molar-refractivity contribution in [3.8, 4) is 11.1 Å². The molecule has 38 heavy (non-hydrogen) atoms. The molecule has 1 aromatic heterocycles. The number of nitrogens with zero attached hydrogens (tertiary/aromatic N) is 2. The lowest BCUT2D eigenvalue weighted by Crippen LogP contribution is -2.46. The minimum atomic E-state index is -4.37. The maximum atomic E-state index is 15.1. The number of fused-ring (bicyclic) bond motifs is 1. The van der Waals surface area contributed by atoms with E-state index >= 15 is 4.39 Å². The molecular formula is C30H29F4N3O. The highest BCUT2D eigenvalue weighted by molar-refractivity contribution is 5.94. The number of hydrogen-bond donors (Lipinski definition) is 1. The van der Waals surface area contributed by atoms with Gasteiger partial charge in [0.05, 0.1) is 6.42 Å². The van der Waals surface area contributed by atoms with Crippen LogP contribution in [-0.4, -0.2) is 53.0 Å². The van der Waals surface area contributed by atoms with Crippen LogP contribution in [-0.2, 0) is 13.0 Å². The summed E-state index contributed by atoms with van der Waals surface area (Å²) in [6, 6.07) is 18.3. The summed E-state index contributed by atoms with van der Waals surface area (Å²) < 4.78 is 54.1. The molecule has 0 bridgehead atoms. The minimum Gasteiger partial charge on any atom is -0.361 e. The van der Waals surface area contributed by atoms with Gasteiger partial charge in [-0.1, -0.05) is 24.3 Å². The smallest absolute Gasteiger partial charge is 0.361 e. The van der Waals surface area contributed by atoms with Crippen molar-refractivity contribution in [1.82, 2.24) is 14.8 Å². The number of piperidine rings is 1. The van der Waals surface area contributed by atoms with Crippen LogP contribution in [0.5, 0.6) is 0 Å². The molecule has 1 N–H and O–H groups in total. The molecule has 0 atom stereocenters.